The molecule has 1 atom stereocenters. The van der Waals surface area contributed by atoms with Gasteiger partial charge in [-0.15, -0.1) is 0 Å². The van der Waals surface area contributed by atoms with Gasteiger partial charge in [0.2, 0.25) is 5.91 Å². The van der Waals surface area contributed by atoms with Crippen LogP contribution < -0.4 is 5.32 Å². The third-order valence-electron chi connectivity index (χ3n) is 2.29. The summed E-state index contributed by atoms with van der Waals surface area (Å²) < 4.78 is 11.0. The van der Waals surface area contributed by atoms with E-state index in [2.05, 4.69) is 21.2 Å². The maximum Gasteiger partial charge on any atom is 0.234 e. The SMILES string of the molecule is COC[C@@H](C)NC(=O)CN(C)Cc1ccc(Br)o1. The van der Waals surface area contributed by atoms with Crippen molar-refractivity contribution in [3.8, 4) is 0 Å². The van der Waals surface area contributed by atoms with Crippen molar-refractivity contribution in [3.05, 3.63) is 22.6 Å². The Morgan fingerprint density at radius 3 is 2.89 bits per heavy atom. The number of hydrogen-bond acceptors (Lipinski definition) is 4. The summed E-state index contributed by atoms with van der Waals surface area (Å²) in [5.74, 6) is 0.801. The van der Waals surface area contributed by atoms with Crippen LogP contribution in [0.2, 0.25) is 0 Å². The molecule has 18 heavy (non-hydrogen) atoms. The number of nitrogens with zero attached hydrogens (tertiary/aromatic N) is 1. The van der Waals surface area contributed by atoms with Gasteiger partial charge in [-0.05, 0) is 42.0 Å². The summed E-state index contributed by atoms with van der Waals surface area (Å²) in [6, 6.07) is 3.74. The lowest BCUT2D eigenvalue weighted by molar-refractivity contribution is -0.123. The summed E-state index contributed by atoms with van der Waals surface area (Å²) in [6.07, 6.45) is 0. The van der Waals surface area contributed by atoms with E-state index in [0.717, 1.165) is 5.76 Å². The van der Waals surface area contributed by atoms with E-state index in [1.165, 1.54) is 0 Å². The first kappa shape index (κ1) is 15.2. The molecule has 0 aliphatic heterocycles. The third kappa shape index (κ3) is 5.66. The van der Waals surface area contributed by atoms with Crippen LogP contribution in [-0.2, 0) is 16.1 Å². The Bertz CT molecular complexity index is 381. The van der Waals surface area contributed by atoms with Crippen LogP contribution in [0.3, 0.4) is 0 Å². The molecule has 0 saturated heterocycles. The molecule has 1 amide bonds. The van der Waals surface area contributed by atoms with Gasteiger partial charge in [0.15, 0.2) is 4.67 Å². The number of halogens is 1. The zero-order chi connectivity index (χ0) is 13.5. The first-order valence-corrected chi connectivity index (χ1v) is 6.51. The van der Waals surface area contributed by atoms with E-state index in [1.807, 2.05) is 31.0 Å². The van der Waals surface area contributed by atoms with Crippen LogP contribution in [0.15, 0.2) is 21.2 Å². The smallest absolute Gasteiger partial charge is 0.234 e. The number of methoxy groups -OCH3 is 1. The van der Waals surface area contributed by atoms with Gasteiger partial charge in [0.05, 0.1) is 19.7 Å². The van der Waals surface area contributed by atoms with Gasteiger partial charge in [0, 0.05) is 13.2 Å². The molecule has 0 spiro atoms. The summed E-state index contributed by atoms with van der Waals surface area (Å²) in [5, 5.41) is 2.86. The Kier molecular flexibility index (Phi) is 6.38. The number of nitrogens with one attached hydrogen (secondary N) is 1. The maximum absolute atomic E-state index is 11.7. The number of rotatable bonds is 7. The van der Waals surface area contributed by atoms with Gasteiger partial charge in [-0.1, -0.05) is 0 Å². The predicted molar refractivity (Wildman–Crippen MR) is 72.2 cm³/mol. The van der Waals surface area contributed by atoms with Gasteiger partial charge in [0.25, 0.3) is 0 Å². The van der Waals surface area contributed by atoms with Crippen molar-refractivity contribution < 1.29 is 13.9 Å². The minimum atomic E-state index is -0.0207. The molecule has 1 heterocycles. The van der Waals surface area contributed by atoms with Crippen LogP contribution in [-0.4, -0.2) is 44.2 Å². The number of carbonyl (C=O) groups excluding carboxylic acids is 1. The molecule has 0 aliphatic rings. The van der Waals surface area contributed by atoms with Crippen LogP contribution >= 0.6 is 15.9 Å². The van der Waals surface area contributed by atoms with Gasteiger partial charge < -0.3 is 14.5 Å². The molecule has 1 rings (SSSR count). The van der Waals surface area contributed by atoms with E-state index in [9.17, 15) is 4.79 Å². The number of hydrogen-bond donors (Lipinski definition) is 1. The third-order valence-corrected chi connectivity index (χ3v) is 2.72. The van der Waals surface area contributed by atoms with Gasteiger partial charge in [-0.25, -0.2) is 0 Å². The number of likely N-dealkylation sites (N-methyl/N-ethyl adjacent to an activating group) is 1. The fourth-order valence-electron chi connectivity index (χ4n) is 1.62. The van der Waals surface area contributed by atoms with Gasteiger partial charge >= 0.3 is 0 Å². The molecule has 1 aromatic heterocycles. The number of amides is 1. The Morgan fingerprint density at radius 2 is 2.33 bits per heavy atom. The number of carbonyl (C=O) groups is 1. The lowest BCUT2D eigenvalue weighted by atomic mass is 10.3. The van der Waals surface area contributed by atoms with E-state index in [1.54, 1.807) is 7.11 Å². The second-order valence-corrected chi connectivity index (χ2v) is 5.08. The van der Waals surface area contributed by atoms with Gasteiger partial charge in [0.1, 0.15) is 5.76 Å². The maximum atomic E-state index is 11.7. The molecular weight excluding hydrogens is 300 g/mol. The topological polar surface area (TPSA) is 54.7 Å². The minimum absolute atomic E-state index is 0.0207. The fraction of sp³-hybridized carbons (Fsp3) is 0.583. The zero-order valence-corrected chi connectivity index (χ0v) is 12.5. The van der Waals surface area contributed by atoms with Crippen LogP contribution in [0.25, 0.3) is 0 Å². The van der Waals surface area contributed by atoms with Crippen LogP contribution in [0.5, 0.6) is 0 Å². The molecule has 0 saturated carbocycles. The normalized spacial score (nSPS) is 12.7. The second kappa shape index (κ2) is 7.56. The molecule has 0 bridgehead atoms. The zero-order valence-electron chi connectivity index (χ0n) is 10.9. The van der Waals surface area contributed by atoms with Crippen LogP contribution in [0, 0.1) is 0 Å². The van der Waals surface area contributed by atoms with Crippen molar-refractivity contribution in [2.75, 3.05) is 27.3 Å². The molecule has 102 valence electrons. The lowest BCUT2D eigenvalue weighted by Gasteiger charge is -2.17. The van der Waals surface area contributed by atoms with E-state index < -0.39 is 0 Å². The van der Waals surface area contributed by atoms with Gasteiger partial charge in [-0.2, -0.15) is 0 Å². The highest BCUT2D eigenvalue weighted by Crippen LogP contribution is 2.14. The average Bonchev–Trinajstić information content (AvgIpc) is 2.63. The predicted octanol–water partition coefficient (Wildman–Crippen LogP) is 1.63. The highest BCUT2D eigenvalue weighted by Gasteiger charge is 2.11. The fourth-order valence-corrected chi connectivity index (χ4v) is 1.96. The molecule has 0 aliphatic carbocycles. The summed E-state index contributed by atoms with van der Waals surface area (Å²) in [5.41, 5.74) is 0. The molecule has 0 aromatic carbocycles. The minimum Gasteiger partial charge on any atom is -0.453 e. The molecule has 0 fully saturated rings. The van der Waals surface area contributed by atoms with Crippen molar-refractivity contribution in [2.45, 2.75) is 19.5 Å². The lowest BCUT2D eigenvalue weighted by Crippen LogP contribution is -2.41. The molecule has 5 nitrogen and oxygen atoms in total. The van der Waals surface area contributed by atoms with E-state index in [4.69, 9.17) is 9.15 Å². The monoisotopic (exact) mass is 318 g/mol. The summed E-state index contributed by atoms with van der Waals surface area (Å²) >= 11 is 3.24. The molecule has 6 heteroatoms. The van der Waals surface area contributed by atoms with Crippen molar-refractivity contribution >= 4 is 21.8 Å². The van der Waals surface area contributed by atoms with Gasteiger partial charge in [-0.3, -0.25) is 9.69 Å². The van der Waals surface area contributed by atoms with Crippen LogP contribution in [0.1, 0.15) is 12.7 Å². The highest BCUT2D eigenvalue weighted by atomic mass is 79.9. The Labute approximate surface area is 116 Å². The summed E-state index contributed by atoms with van der Waals surface area (Å²) in [7, 11) is 3.49. The van der Waals surface area contributed by atoms with E-state index in [0.29, 0.717) is 24.4 Å². The van der Waals surface area contributed by atoms with E-state index >= 15 is 0 Å². The Balaban J connectivity index is 2.31. The van der Waals surface area contributed by atoms with Crippen molar-refractivity contribution in [1.82, 2.24) is 10.2 Å². The summed E-state index contributed by atoms with van der Waals surface area (Å²) in [6.45, 7) is 3.34. The highest BCUT2D eigenvalue weighted by molar-refractivity contribution is 9.10. The van der Waals surface area contributed by atoms with Crippen molar-refractivity contribution in [1.29, 1.82) is 0 Å². The first-order chi connectivity index (χ1) is 8.51. The second-order valence-electron chi connectivity index (χ2n) is 4.30. The first-order valence-electron chi connectivity index (χ1n) is 5.72. The van der Waals surface area contributed by atoms with Crippen molar-refractivity contribution in [2.24, 2.45) is 0 Å². The van der Waals surface area contributed by atoms with Crippen molar-refractivity contribution in [3.63, 3.8) is 0 Å². The Hall–Kier alpha value is -0.850. The molecule has 1 N–H and O–H groups in total. The molecular formula is C12H19BrN2O3. The summed E-state index contributed by atoms with van der Waals surface area (Å²) in [4.78, 5) is 13.6. The van der Waals surface area contributed by atoms with Crippen LogP contribution in [0.4, 0.5) is 0 Å². The largest absolute Gasteiger partial charge is 0.453 e. The Morgan fingerprint density at radius 1 is 1.61 bits per heavy atom. The average molecular weight is 319 g/mol. The quantitative estimate of drug-likeness (QED) is 0.830. The molecule has 0 unspecified atom stereocenters. The van der Waals surface area contributed by atoms with E-state index in [-0.39, 0.29) is 11.9 Å². The standard InChI is InChI=1S/C12H19BrN2O3/c1-9(8-17-3)14-12(16)7-15(2)6-10-4-5-11(13)18-10/h4-5,9H,6-8H2,1-3H3,(H,14,16)/t9-/m1/s1. The number of furan rings is 1. The number of ether oxygens (including phenoxy) is 1. The molecule has 0 radical (unpaired) electrons. The molecule has 1 aromatic rings.